The number of nitrogens with zero attached hydrogens (tertiary/aromatic N) is 2. The van der Waals surface area contributed by atoms with Crippen LogP contribution in [0.3, 0.4) is 0 Å². The molecule has 26 heavy (non-hydrogen) atoms. The maximum absolute atomic E-state index is 12.4. The number of nitrogens with one attached hydrogen (secondary N) is 1. The summed E-state index contributed by atoms with van der Waals surface area (Å²) in [5.74, 6) is 0.471. The maximum atomic E-state index is 12.4. The molecule has 0 saturated heterocycles. The third-order valence-corrected chi connectivity index (χ3v) is 5.66. The van der Waals surface area contributed by atoms with E-state index in [1.54, 1.807) is 10.3 Å². The Balaban J connectivity index is 1.45. The van der Waals surface area contributed by atoms with E-state index >= 15 is 0 Å². The molecule has 1 aliphatic heterocycles. The van der Waals surface area contributed by atoms with Gasteiger partial charge in [-0.25, -0.2) is 4.98 Å². The molecule has 136 valence electrons. The van der Waals surface area contributed by atoms with E-state index in [1.165, 1.54) is 30.6 Å². The molecule has 7 heteroatoms. The predicted molar refractivity (Wildman–Crippen MR) is 99.6 cm³/mol. The van der Waals surface area contributed by atoms with Crippen LogP contribution in [0.5, 0.6) is 5.75 Å². The number of fused-ring (bicyclic) bond motifs is 1. The van der Waals surface area contributed by atoms with Gasteiger partial charge in [-0.3, -0.25) is 14.5 Å². The van der Waals surface area contributed by atoms with Crippen molar-refractivity contribution >= 4 is 28.8 Å². The van der Waals surface area contributed by atoms with Crippen LogP contribution < -0.4 is 15.0 Å². The molecule has 1 saturated carbocycles. The lowest BCUT2D eigenvalue weighted by atomic mass is 9.95. The van der Waals surface area contributed by atoms with Crippen LogP contribution in [0.2, 0.25) is 0 Å². The van der Waals surface area contributed by atoms with E-state index < -0.39 is 0 Å². The van der Waals surface area contributed by atoms with Gasteiger partial charge in [0, 0.05) is 11.4 Å². The fourth-order valence-corrected chi connectivity index (χ4v) is 4.22. The average molecular weight is 371 g/mol. The van der Waals surface area contributed by atoms with E-state index in [0.717, 1.165) is 23.5 Å². The minimum absolute atomic E-state index is 0.0252. The Kier molecular flexibility index (Phi) is 4.88. The molecular weight excluding hydrogens is 350 g/mol. The lowest BCUT2D eigenvalue weighted by molar-refractivity contribution is -0.121. The van der Waals surface area contributed by atoms with Crippen molar-refractivity contribution in [3.63, 3.8) is 0 Å². The van der Waals surface area contributed by atoms with Crippen molar-refractivity contribution in [3.8, 4) is 5.75 Å². The zero-order valence-electron chi connectivity index (χ0n) is 14.4. The first-order valence-electron chi connectivity index (χ1n) is 8.98. The number of thiazole rings is 1. The SMILES string of the molecule is O=C(NC1CCCCC1)c1csc(CN2C(=O)COc3ccccc32)n1. The lowest BCUT2D eigenvalue weighted by Gasteiger charge is -2.28. The van der Waals surface area contributed by atoms with Crippen LogP contribution in [0.15, 0.2) is 29.6 Å². The number of hydrogen-bond donors (Lipinski definition) is 1. The zero-order chi connectivity index (χ0) is 17.9. The van der Waals surface area contributed by atoms with Crippen LogP contribution in [0.1, 0.15) is 47.6 Å². The normalized spacial score (nSPS) is 17.5. The van der Waals surface area contributed by atoms with Crippen LogP contribution in [-0.4, -0.2) is 29.4 Å². The smallest absolute Gasteiger partial charge is 0.270 e. The Morgan fingerprint density at radius 2 is 2.08 bits per heavy atom. The summed E-state index contributed by atoms with van der Waals surface area (Å²) in [6.45, 7) is 0.373. The predicted octanol–water partition coefficient (Wildman–Crippen LogP) is 3.13. The van der Waals surface area contributed by atoms with E-state index in [-0.39, 0.29) is 24.5 Å². The number of carbonyl (C=O) groups is 2. The Hall–Kier alpha value is -2.41. The van der Waals surface area contributed by atoms with Gasteiger partial charge in [0.05, 0.1) is 12.2 Å². The summed E-state index contributed by atoms with van der Waals surface area (Å²) in [7, 11) is 0. The molecule has 6 nitrogen and oxygen atoms in total. The van der Waals surface area contributed by atoms with Crippen molar-refractivity contribution in [3.05, 3.63) is 40.3 Å². The molecule has 0 bridgehead atoms. The second-order valence-electron chi connectivity index (χ2n) is 6.67. The second kappa shape index (κ2) is 7.45. The van der Waals surface area contributed by atoms with E-state index in [0.29, 0.717) is 18.0 Å². The van der Waals surface area contributed by atoms with Gasteiger partial charge >= 0.3 is 0 Å². The van der Waals surface area contributed by atoms with Gasteiger partial charge in [-0.1, -0.05) is 31.4 Å². The van der Waals surface area contributed by atoms with Crippen LogP contribution >= 0.6 is 11.3 Å². The van der Waals surface area contributed by atoms with Crippen molar-refractivity contribution in [1.29, 1.82) is 0 Å². The topological polar surface area (TPSA) is 71.5 Å². The molecule has 1 N–H and O–H groups in total. The highest BCUT2D eigenvalue weighted by Gasteiger charge is 2.26. The Bertz CT molecular complexity index is 814. The standard InChI is InChI=1S/C19H21N3O3S/c23-18-11-25-16-9-5-4-8-15(16)22(18)10-17-21-14(12-26-17)19(24)20-13-6-2-1-3-7-13/h4-5,8-9,12-13H,1-3,6-7,10-11H2,(H,20,24). The Morgan fingerprint density at radius 1 is 1.27 bits per heavy atom. The number of amides is 2. The number of hydrogen-bond acceptors (Lipinski definition) is 5. The van der Waals surface area contributed by atoms with Crippen LogP contribution in [0, 0.1) is 0 Å². The van der Waals surface area contributed by atoms with E-state index in [2.05, 4.69) is 10.3 Å². The fraction of sp³-hybridized carbons (Fsp3) is 0.421. The maximum Gasteiger partial charge on any atom is 0.270 e. The summed E-state index contributed by atoms with van der Waals surface area (Å²) in [4.78, 5) is 30.8. The summed E-state index contributed by atoms with van der Waals surface area (Å²) in [5.41, 5.74) is 1.18. The highest BCUT2D eigenvalue weighted by atomic mass is 32.1. The summed E-state index contributed by atoms with van der Waals surface area (Å²) < 4.78 is 5.46. The molecule has 2 aromatic rings. The molecule has 1 fully saturated rings. The lowest BCUT2D eigenvalue weighted by Crippen LogP contribution is -2.38. The summed E-state index contributed by atoms with van der Waals surface area (Å²) >= 11 is 1.40. The van der Waals surface area contributed by atoms with Crippen LogP contribution in [-0.2, 0) is 11.3 Å². The van der Waals surface area contributed by atoms with Crippen molar-refractivity contribution < 1.29 is 14.3 Å². The van der Waals surface area contributed by atoms with Gasteiger partial charge in [-0.05, 0) is 25.0 Å². The average Bonchev–Trinajstić information content (AvgIpc) is 3.14. The number of benzene rings is 1. The minimum atomic E-state index is -0.117. The minimum Gasteiger partial charge on any atom is -0.482 e. The Morgan fingerprint density at radius 3 is 2.92 bits per heavy atom. The van der Waals surface area contributed by atoms with Gasteiger partial charge in [-0.15, -0.1) is 11.3 Å². The van der Waals surface area contributed by atoms with Gasteiger partial charge in [-0.2, -0.15) is 0 Å². The van der Waals surface area contributed by atoms with Gasteiger partial charge < -0.3 is 10.1 Å². The zero-order valence-corrected chi connectivity index (χ0v) is 15.3. The molecule has 0 unspecified atom stereocenters. The Labute approximate surface area is 156 Å². The molecule has 1 aliphatic carbocycles. The molecule has 0 spiro atoms. The summed E-state index contributed by atoms with van der Waals surface area (Å²) in [5, 5.41) is 5.59. The van der Waals surface area contributed by atoms with Crippen LogP contribution in [0.4, 0.5) is 5.69 Å². The van der Waals surface area contributed by atoms with E-state index in [1.807, 2.05) is 24.3 Å². The molecule has 0 radical (unpaired) electrons. The number of aromatic nitrogens is 1. The van der Waals surface area contributed by atoms with E-state index in [4.69, 9.17) is 4.74 Å². The highest BCUT2D eigenvalue weighted by molar-refractivity contribution is 7.09. The molecule has 2 amide bonds. The van der Waals surface area contributed by atoms with E-state index in [9.17, 15) is 9.59 Å². The number of carbonyl (C=O) groups excluding carboxylic acids is 2. The summed E-state index contributed by atoms with van der Waals surface area (Å²) in [6.07, 6.45) is 5.68. The molecule has 1 aromatic carbocycles. The van der Waals surface area contributed by atoms with Crippen molar-refractivity contribution in [2.45, 2.75) is 44.7 Å². The van der Waals surface area contributed by atoms with Gasteiger partial charge in [0.15, 0.2) is 6.61 Å². The van der Waals surface area contributed by atoms with Gasteiger partial charge in [0.2, 0.25) is 0 Å². The number of ether oxygens (including phenoxy) is 1. The van der Waals surface area contributed by atoms with Gasteiger partial charge in [0.1, 0.15) is 16.5 Å². The molecular formula is C19H21N3O3S. The van der Waals surface area contributed by atoms with Crippen molar-refractivity contribution in [2.75, 3.05) is 11.5 Å². The highest BCUT2D eigenvalue weighted by Crippen LogP contribution is 2.32. The first-order valence-corrected chi connectivity index (χ1v) is 9.86. The molecule has 2 aliphatic rings. The number of rotatable bonds is 4. The molecule has 0 atom stereocenters. The first kappa shape index (κ1) is 17.0. The third-order valence-electron chi connectivity index (χ3n) is 4.83. The van der Waals surface area contributed by atoms with Crippen molar-refractivity contribution in [2.24, 2.45) is 0 Å². The van der Waals surface area contributed by atoms with Crippen LogP contribution in [0.25, 0.3) is 0 Å². The monoisotopic (exact) mass is 371 g/mol. The largest absolute Gasteiger partial charge is 0.482 e. The third kappa shape index (κ3) is 3.58. The fourth-order valence-electron chi connectivity index (χ4n) is 3.46. The van der Waals surface area contributed by atoms with Crippen molar-refractivity contribution in [1.82, 2.24) is 10.3 Å². The second-order valence-corrected chi connectivity index (χ2v) is 7.61. The quantitative estimate of drug-likeness (QED) is 0.896. The number of anilines is 1. The molecule has 1 aromatic heterocycles. The first-order chi connectivity index (χ1) is 12.7. The van der Waals surface area contributed by atoms with Gasteiger partial charge in [0.25, 0.3) is 11.8 Å². The molecule has 2 heterocycles. The number of para-hydroxylation sites is 2. The molecule has 4 rings (SSSR count). The summed E-state index contributed by atoms with van der Waals surface area (Å²) in [6, 6.07) is 7.72.